The van der Waals surface area contributed by atoms with Crippen LogP contribution in [0.1, 0.15) is 52.4 Å². The first-order valence-electron chi connectivity index (χ1n) is 5.31. The first-order chi connectivity index (χ1) is 6.24. The fraction of sp³-hybridized carbons (Fsp3) is 0.900. The Kier molecular flexibility index (Phi) is 8.09. The van der Waals surface area contributed by atoms with Crippen molar-refractivity contribution in [3.8, 4) is 0 Å². The van der Waals surface area contributed by atoms with Gasteiger partial charge in [0.15, 0.2) is 0 Å². The summed E-state index contributed by atoms with van der Waals surface area (Å²) in [5, 5.41) is 0. The maximum atomic E-state index is 10.9. The van der Waals surface area contributed by atoms with E-state index >= 15 is 0 Å². The molecule has 0 radical (unpaired) electrons. The fourth-order valence-corrected chi connectivity index (χ4v) is 1.88. The van der Waals surface area contributed by atoms with Gasteiger partial charge in [-0.1, -0.05) is 39.5 Å². The lowest BCUT2D eigenvalue weighted by atomic mass is 9.93. The van der Waals surface area contributed by atoms with Gasteiger partial charge in [-0.3, -0.25) is 4.79 Å². The highest BCUT2D eigenvalue weighted by Gasteiger charge is 2.09. The Hall–Kier alpha value is -0.313. The molecule has 0 rings (SSSR count). The second-order valence-electron chi connectivity index (χ2n) is 3.56. The molecule has 0 amide bonds. The van der Waals surface area contributed by atoms with Gasteiger partial charge < -0.3 is 4.43 Å². The molecule has 2 nitrogen and oxygen atoms in total. The van der Waals surface area contributed by atoms with Crippen molar-refractivity contribution in [2.75, 3.05) is 0 Å². The summed E-state index contributed by atoms with van der Waals surface area (Å²) in [6, 6.07) is 0. The van der Waals surface area contributed by atoms with E-state index in [0.717, 1.165) is 12.3 Å². The molecule has 0 atom stereocenters. The summed E-state index contributed by atoms with van der Waals surface area (Å²) >= 11 is 0. The molecule has 78 valence electrons. The number of carbonyl (C=O) groups excluding carboxylic acids is 1. The smallest absolute Gasteiger partial charge is 0.291 e. The summed E-state index contributed by atoms with van der Waals surface area (Å²) in [4.78, 5) is 10.9. The Labute approximate surface area is 84.6 Å². The Morgan fingerprint density at radius 3 is 2.15 bits per heavy atom. The molecular weight excluding hydrogens is 180 g/mol. The van der Waals surface area contributed by atoms with Crippen molar-refractivity contribution in [1.29, 1.82) is 0 Å². The van der Waals surface area contributed by atoms with Crippen LogP contribution in [0.15, 0.2) is 0 Å². The minimum atomic E-state index is -0.0103. The molecule has 13 heavy (non-hydrogen) atoms. The predicted molar refractivity (Wildman–Crippen MR) is 58.6 cm³/mol. The molecule has 0 saturated heterocycles. The van der Waals surface area contributed by atoms with Crippen LogP contribution in [0.5, 0.6) is 0 Å². The minimum Gasteiger partial charge on any atom is -0.529 e. The third-order valence-electron chi connectivity index (χ3n) is 2.38. The summed E-state index contributed by atoms with van der Waals surface area (Å²) in [5.74, 6) is 0.722. The van der Waals surface area contributed by atoms with Crippen molar-refractivity contribution in [3.63, 3.8) is 0 Å². The average molecular weight is 202 g/mol. The van der Waals surface area contributed by atoms with Crippen LogP contribution < -0.4 is 0 Å². The number of rotatable bonds is 7. The van der Waals surface area contributed by atoms with Gasteiger partial charge in [-0.05, 0) is 12.3 Å². The van der Waals surface area contributed by atoms with Gasteiger partial charge in [-0.25, -0.2) is 0 Å². The van der Waals surface area contributed by atoms with Crippen molar-refractivity contribution >= 4 is 16.5 Å². The third kappa shape index (κ3) is 6.81. The van der Waals surface area contributed by atoms with E-state index in [1.54, 1.807) is 0 Å². The van der Waals surface area contributed by atoms with E-state index in [2.05, 4.69) is 13.8 Å². The molecular formula is C10H22O2Si. The molecule has 0 saturated carbocycles. The highest BCUT2D eigenvalue weighted by Crippen LogP contribution is 2.19. The van der Waals surface area contributed by atoms with Crippen LogP contribution >= 0.6 is 0 Å². The number of hydrogen-bond donors (Lipinski definition) is 0. The van der Waals surface area contributed by atoms with Crippen molar-refractivity contribution in [2.24, 2.45) is 5.92 Å². The fourth-order valence-electron chi connectivity index (χ4n) is 1.67. The molecule has 0 aromatic carbocycles. The molecule has 0 aliphatic rings. The highest BCUT2D eigenvalue weighted by molar-refractivity contribution is 6.05. The zero-order chi connectivity index (χ0) is 10.1. The summed E-state index contributed by atoms with van der Waals surface area (Å²) < 4.78 is 4.76. The van der Waals surface area contributed by atoms with Crippen molar-refractivity contribution in [3.05, 3.63) is 0 Å². The van der Waals surface area contributed by atoms with Gasteiger partial charge in [-0.15, -0.1) is 0 Å². The third-order valence-corrected chi connectivity index (χ3v) is 2.83. The van der Waals surface area contributed by atoms with Crippen LogP contribution in [0.25, 0.3) is 0 Å². The van der Waals surface area contributed by atoms with Crippen LogP contribution in [0.4, 0.5) is 0 Å². The van der Waals surface area contributed by atoms with Gasteiger partial charge in [0.25, 0.3) is 5.97 Å². The van der Waals surface area contributed by atoms with Crippen molar-refractivity contribution in [1.82, 2.24) is 0 Å². The normalized spacial score (nSPS) is 10.7. The number of hydrogen-bond acceptors (Lipinski definition) is 2. The van der Waals surface area contributed by atoms with E-state index in [9.17, 15) is 4.79 Å². The van der Waals surface area contributed by atoms with E-state index in [-0.39, 0.29) is 5.97 Å². The van der Waals surface area contributed by atoms with Gasteiger partial charge in [-0.2, -0.15) is 0 Å². The van der Waals surface area contributed by atoms with E-state index in [0.29, 0.717) is 16.9 Å². The van der Waals surface area contributed by atoms with Crippen LogP contribution in [-0.4, -0.2) is 16.5 Å². The van der Waals surface area contributed by atoms with Crippen LogP contribution in [0.3, 0.4) is 0 Å². The Balaban J connectivity index is 3.61. The average Bonchev–Trinajstić information content (AvgIpc) is 2.14. The second kappa shape index (κ2) is 8.29. The molecule has 0 N–H and O–H groups in total. The van der Waals surface area contributed by atoms with Crippen LogP contribution in [0, 0.1) is 5.92 Å². The topological polar surface area (TPSA) is 26.3 Å². The molecule has 0 fully saturated rings. The SMILES string of the molecule is CCCC(CCC)CCC(=O)O[SiH3]. The lowest BCUT2D eigenvalue weighted by molar-refractivity contribution is -0.134. The highest BCUT2D eigenvalue weighted by atomic mass is 28.2. The van der Waals surface area contributed by atoms with E-state index < -0.39 is 0 Å². The lowest BCUT2D eigenvalue weighted by Gasteiger charge is -2.13. The zero-order valence-electron chi connectivity index (χ0n) is 9.14. The molecule has 0 heterocycles. The molecule has 3 heteroatoms. The van der Waals surface area contributed by atoms with Crippen LogP contribution in [-0.2, 0) is 9.22 Å². The van der Waals surface area contributed by atoms with Crippen molar-refractivity contribution < 1.29 is 9.22 Å². The maximum Gasteiger partial charge on any atom is 0.291 e. The molecule has 0 aromatic rings. The van der Waals surface area contributed by atoms with E-state index in [1.807, 2.05) is 0 Å². The van der Waals surface area contributed by atoms with Gasteiger partial charge in [0, 0.05) is 6.42 Å². The second-order valence-corrected chi connectivity index (χ2v) is 3.97. The standard InChI is InChI=1S/C10H22O2Si/c1-3-5-9(6-4-2)7-8-10(11)12-13/h9H,3-8H2,1-2,13H3. The number of carbonyl (C=O) groups is 1. The van der Waals surface area contributed by atoms with Crippen LogP contribution in [0.2, 0.25) is 0 Å². The molecule has 0 aliphatic heterocycles. The molecule has 0 unspecified atom stereocenters. The monoisotopic (exact) mass is 202 g/mol. The first-order valence-corrected chi connectivity index (χ1v) is 6.13. The Morgan fingerprint density at radius 1 is 1.23 bits per heavy atom. The Bertz CT molecular complexity index is 131. The Morgan fingerprint density at radius 2 is 1.77 bits per heavy atom. The van der Waals surface area contributed by atoms with Gasteiger partial charge in [0.1, 0.15) is 0 Å². The minimum absolute atomic E-state index is 0.0103. The molecule has 0 aliphatic carbocycles. The van der Waals surface area contributed by atoms with Gasteiger partial charge in [0.2, 0.25) is 10.5 Å². The van der Waals surface area contributed by atoms with Gasteiger partial charge >= 0.3 is 0 Å². The van der Waals surface area contributed by atoms with E-state index in [1.165, 1.54) is 25.7 Å². The summed E-state index contributed by atoms with van der Waals surface area (Å²) in [5.41, 5.74) is 0. The summed E-state index contributed by atoms with van der Waals surface area (Å²) in [6.45, 7) is 4.40. The largest absolute Gasteiger partial charge is 0.529 e. The molecule has 0 aromatic heterocycles. The first kappa shape index (κ1) is 12.7. The molecule has 0 spiro atoms. The van der Waals surface area contributed by atoms with Gasteiger partial charge in [0.05, 0.1) is 0 Å². The quantitative estimate of drug-likeness (QED) is 0.589. The van der Waals surface area contributed by atoms with E-state index in [4.69, 9.17) is 4.43 Å². The summed E-state index contributed by atoms with van der Waals surface area (Å²) in [6.07, 6.45) is 6.59. The predicted octanol–water partition coefficient (Wildman–Crippen LogP) is 1.81. The lowest BCUT2D eigenvalue weighted by Crippen LogP contribution is -2.06. The molecule has 0 bridgehead atoms. The maximum absolute atomic E-state index is 10.9. The summed E-state index contributed by atoms with van der Waals surface area (Å²) in [7, 11) is 0.538. The zero-order valence-corrected chi connectivity index (χ0v) is 11.1. The van der Waals surface area contributed by atoms with Crippen molar-refractivity contribution in [2.45, 2.75) is 52.4 Å².